The molecule has 0 radical (unpaired) electrons. The molecule has 1 aromatic heterocycles. The van der Waals surface area contributed by atoms with E-state index in [0.29, 0.717) is 17.5 Å². The Bertz CT molecular complexity index is 2800. The fraction of sp³-hybridized carbons (Fsp3) is 0.0577. The fourth-order valence-electron chi connectivity index (χ4n) is 7.36. The summed E-state index contributed by atoms with van der Waals surface area (Å²) in [6.45, 7) is 7.14. The van der Waals surface area contributed by atoms with E-state index in [1.165, 1.54) is 49.3 Å². The van der Waals surface area contributed by atoms with Crippen molar-refractivity contribution < 1.29 is 0 Å². The van der Waals surface area contributed by atoms with E-state index in [4.69, 9.17) is 15.0 Å². The largest absolute Gasteiger partial charge is 0.208 e. The fourth-order valence-corrected chi connectivity index (χ4v) is 8.53. The molecular weight excluding hydrogens is 695 g/mol. The Morgan fingerprint density at radius 2 is 0.696 bits per heavy atom. The van der Waals surface area contributed by atoms with Crippen molar-refractivity contribution in [3.8, 4) is 78.7 Å². The third-order valence-corrected chi connectivity index (χ3v) is 12.6. The third-order valence-electron chi connectivity index (χ3n) is 10.5. The van der Waals surface area contributed by atoms with Crippen LogP contribution in [0.5, 0.6) is 0 Å². The van der Waals surface area contributed by atoms with Gasteiger partial charge in [0.15, 0.2) is 17.5 Å². The van der Waals surface area contributed by atoms with E-state index in [2.05, 4.69) is 183 Å². The van der Waals surface area contributed by atoms with Crippen LogP contribution in [0.4, 0.5) is 0 Å². The van der Waals surface area contributed by atoms with E-state index in [-0.39, 0.29) is 0 Å². The number of nitrogens with zero attached hydrogens (tertiary/aromatic N) is 3. The summed E-state index contributed by atoms with van der Waals surface area (Å²) in [7, 11) is -1.36. The summed E-state index contributed by atoms with van der Waals surface area (Å²) >= 11 is 0. The van der Waals surface area contributed by atoms with E-state index in [1.807, 2.05) is 30.3 Å². The first-order valence-corrected chi connectivity index (χ1v) is 22.7. The molecule has 0 aliphatic carbocycles. The molecule has 0 spiro atoms. The van der Waals surface area contributed by atoms with E-state index < -0.39 is 8.07 Å². The smallest absolute Gasteiger partial charge is 0.164 e. The van der Waals surface area contributed by atoms with Crippen LogP contribution in [0, 0.1) is 0 Å². The van der Waals surface area contributed by atoms with Crippen molar-refractivity contribution in [2.24, 2.45) is 0 Å². The van der Waals surface area contributed by atoms with Crippen LogP contribution in [0.15, 0.2) is 194 Å². The van der Waals surface area contributed by atoms with Crippen molar-refractivity contribution in [2.75, 3.05) is 0 Å². The van der Waals surface area contributed by atoms with Crippen molar-refractivity contribution >= 4 is 24.0 Å². The maximum Gasteiger partial charge on any atom is 0.164 e. The van der Waals surface area contributed by atoms with Gasteiger partial charge < -0.3 is 0 Å². The predicted molar refractivity (Wildman–Crippen MR) is 238 cm³/mol. The molecule has 0 saturated heterocycles. The quantitative estimate of drug-likeness (QED) is 0.146. The van der Waals surface area contributed by atoms with E-state index >= 15 is 0 Å². The predicted octanol–water partition coefficient (Wildman–Crippen LogP) is 13.2. The van der Waals surface area contributed by atoms with Crippen LogP contribution in [-0.4, -0.2) is 23.0 Å². The van der Waals surface area contributed by atoms with E-state index in [1.54, 1.807) is 0 Å². The Hall–Kier alpha value is -6.75. The van der Waals surface area contributed by atoms with Crippen LogP contribution >= 0.6 is 0 Å². The molecule has 0 unspecified atom stereocenters. The summed E-state index contributed by atoms with van der Waals surface area (Å²) in [6, 6.07) is 69.0. The number of benzene rings is 8. The summed E-state index contributed by atoms with van der Waals surface area (Å²) in [5.41, 5.74) is 12.3. The number of rotatable bonds is 8. The minimum atomic E-state index is -1.36. The zero-order valence-corrected chi connectivity index (χ0v) is 32.8. The van der Waals surface area contributed by atoms with Crippen molar-refractivity contribution in [2.45, 2.75) is 19.6 Å². The molecule has 56 heavy (non-hydrogen) atoms. The molecular formula is C52H41N3Si. The van der Waals surface area contributed by atoms with Gasteiger partial charge in [0.05, 0.1) is 8.07 Å². The van der Waals surface area contributed by atoms with Crippen LogP contribution in [-0.2, 0) is 0 Å². The minimum absolute atomic E-state index is 0.642. The second-order valence-electron chi connectivity index (χ2n) is 15.3. The summed E-state index contributed by atoms with van der Waals surface area (Å²) in [5.74, 6) is 1.94. The van der Waals surface area contributed by atoms with Gasteiger partial charge in [0.1, 0.15) is 0 Å². The van der Waals surface area contributed by atoms with Gasteiger partial charge in [0.2, 0.25) is 0 Å². The first kappa shape index (κ1) is 35.0. The Kier molecular flexibility index (Phi) is 9.26. The number of hydrogen-bond acceptors (Lipinski definition) is 3. The van der Waals surface area contributed by atoms with Gasteiger partial charge in [-0.3, -0.25) is 0 Å². The van der Waals surface area contributed by atoms with Gasteiger partial charge in [0, 0.05) is 16.7 Å². The second kappa shape index (κ2) is 14.8. The Labute approximate surface area is 330 Å². The van der Waals surface area contributed by atoms with Gasteiger partial charge in [-0.05, 0) is 67.4 Å². The molecule has 0 bridgehead atoms. The topological polar surface area (TPSA) is 38.7 Å². The van der Waals surface area contributed by atoms with Crippen LogP contribution < -0.4 is 5.19 Å². The normalized spacial score (nSPS) is 11.5. The highest BCUT2D eigenvalue weighted by Crippen LogP contribution is 2.34. The molecule has 0 aliphatic heterocycles. The van der Waals surface area contributed by atoms with E-state index in [0.717, 1.165) is 27.8 Å². The van der Waals surface area contributed by atoms with Gasteiger partial charge in [-0.2, -0.15) is 0 Å². The van der Waals surface area contributed by atoms with Crippen molar-refractivity contribution in [3.63, 3.8) is 0 Å². The summed E-state index contributed by atoms with van der Waals surface area (Å²) in [4.78, 5) is 15.1. The Balaban J connectivity index is 1.02. The summed E-state index contributed by atoms with van der Waals surface area (Å²) in [6.07, 6.45) is 0. The SMILES string of the molecule is C[Si](C)(C)c1ccc(-c2ccc(-c3nc(-c4ccccc4)nc(-c4cccc(-c5ccc(-c6cccc(-c7cccc8ccccc78)c6)cc5)c4)n3)cc2)cc1. The highest BCUT2D eigenvalue weighted by molar-refractivity contribution is 6.88. The van der Waals surface area contributed by atoms with Crippen LogP contribution in [0.1, 0.15) is 0 Å². The van der Waals surface area contributed by atoms with Crippen LogP contribution in [0.25, 0.3) is 89.4 Å². The third kappa shape index (κ3) is 7.23. The van der Waals surface area contributed by atoms with Crippen LogP contribution in [0.2, 0.25) is 19.6 Å². The average molecular weight is 736 g/mol. The molecule has 0 aliphatic rings. The molecule has 1 heterocycles. The average Bonchev–Trinajstić information content (AvgIpc) is 3.26. The highest BCUT2D eigenvalue weighted by atomic mass is 28.3. The maximum absolute atomic E-state index is 5.06. The lowest BCUT2D eigenvalue weighted by Gasteiger charge is -2.16. The zero-order chi connectivity index (χ0) is 38.1. The van der Waals surface area contributed by atoms with Crippen LogP contribution in [0.3, 0.4) is 0 Å². The monoisotopic (exact) mass is 735 g/mol. The molecule has 3 nitrogen and oxygen atoms in total. The van der Waals surface area contributed by atoms with Gasteiger partial charge >= 0.3 is 0 Å². The molecule has 0 fully saturated rings. The number of fused-ring (bicyclic) bond motifs is 1. The maximum atomic E-state index is 5.06. The van der Waals surface area contributed by atoms with E-state index in [9.17, 15) is 0 Å². The molecule has 268 valence electrons. The minimum Gasteiger partial charge on any atom is -0.208 e. The number of aromatic nitrogens is 3. The summed E-state index contributed by atoms with van der Waals surface area (Å²) in [5, 5.41) is 3.98. The van der Waals surface area contributed by atoms with Crippen molar-refractivity contribution in [1.29, 1.82) is 0 Å². The highest BCUT2D eigenvalue weighted by Gasteiger charge is 2.17. The van der Waals surface area contributed by atoms with Gasteiger partial charge in [-0.25, -0.2) is 15.0 Å². The first-order chi connectivity index (χ1) is 27.4. The Morgan fingerprint density at radius 1 is 0.304 bits per heavy atom. The number of hydrogen-bond donors (Lipinski definition) is 0. The lowest BCUT2D eigenvalue weighted by molar-refractivity contribution is 1.07. The van der Waals surface area contributed by atoms with Gasteiger partial charge in [0.25, 0.3) is 0 Å². The van der Waals surface area contributed by atoms with Gasteiger partial charge in [-0.1, -0.05) is 207 Å². The molecule has 0 saturated carbocycles. The first-order valence-electron chi connectivity index (χ1n) is 19.2. The summed E-state index contributed by atoms with van der Waals surface area (Å²) < 4.78 is 0. The molecule has 4 heteroatoms. The standard InChI is InChI=1S/C52H41N3Si/c1-56(2,3)47-32-30-37(31-33-47)36-26-28-42(29-27-36)51-53-50(41-13-5-4-6-14-41)54-52(55-51)46-19-10-17-44(35-46)39-24-22-38(23-25-39)43-16-9-18-45(34-43)49-21-11-15-40-12-7-8-20-48(40)49/h4-35H,1-3H3. The molecule has 9 aromatic rings. The second-order valence-corrected chi connectivity index (χ2v) is 20.4. The lowest BCUT2D eigenvalue weighted by Crippen LogP contribution is -2.37. The van der Waals surface area contributed by atoms with Crippen molar-refractivity contribution in [1.82, 2.24) is 15.0 Å². The van der Waals surface area contributed by atoms with Crippen molar-refractivity contribution in [3.05, 3.63) is 194 Å². The molecule has 0 atom stereocenters. The lowest BCUT2D eigenvalue weighted by atomic mass is 9.94. The molecule has 9 rings (SSSR count). The molecule has 0 amide bonds. The molecule has 8 aromatic carbocycles. The zero-order valence-electron chi connectivity index (χ0n) is 31.8. The van der Waals surface area contributed by atoms with Gasteiger partial charge in [-0.15, -0.1) is 0 Å². The molecule has 0 N–H and O–H groups in total. The Morgan fingerprint density at radius 3 is 1.30 bits per heavy atom.